The fourth-order valence-electron chi connectivity index (χ4n) is 2.81. The van der Waals surface area contributed by atoms with Crippen molar-refractivity contribution in [3.05, 3.63) is 29.3 Å². The normalized spacial score (nSPS) is 17.0. The van der Waals surface area contributed by atoms with Crippen LogP contribution in [0.4, 0.5) is 0 Å². The first kappa shape index (κ1) is 13.8. The minimum absolute atomic E-state index is 0.717. The molecule has 2 heteroatoms. The van der Waals surface area contributed by atoms with E-state index < -0.39 is 9.04 Å². The number of hydrogen-bond donors (Lipinski definition) is 0. The van der Waals surface area contributed by atoms with Gasteiger partial charge in [0, 0.05) is 6.61 Å². The van der Waals surface area contributed by atoms with Gasteiger partial charge in [0.2, 0.25) is 9.04 Å². The number of benzene rings is 1. The molecule has 0 bridgehead atoms. The van der Waals surface area contributed by atoms with Crippen molar-refractivity contribution in [3.8, 4) is 0 Å². The number of rotatable bonds is 5. The van der Waals surface area contributed by atoms with Crippen molar-refractivity contribution in [2.45, 2.75) is 58.4 Å². The summed E-state index contributed by atoms with van der Waals surface area (Å²) in [6, 6.07) is 8.21. The first-order chi connectivity index (χ1) is 8.86. The predicted molar refractivity (Wildman–Crippen MR) is 79.8 cm³/mol. The first-order valence-electron chi connectivity index (χ1n) is 7.46. The highest BCUT2D eigenvalue weighted by molar-refractivity contribution is 6.68. The summed E-state index contributed by atoms with van der Waals surface area (Å²) < 4.78 is 6.09. The van der Waals surface area contributed by atoms with Crippen LogP contribution in [-0.4, -0.2) is 15.6 Å². The Hall–Kier alpha value is -0.603. The van der Waals surface area contributed by atoms with Gasteiger partial charge in [-0.2, -0.15) is 0 Å². The highest BCUT2D eigenvalue weighted by Gasteiger charge is 2.23. The smallest absolute Gasteiger partial charge is 0.246 e. The third-order valence-electron chi connectivity index (χ3n) is 3.67. The lowest BCUT2D eigenvalue weighted by molar-refractivity contribution is 0.294. The highest BCUT2D eigenvalue weighted by Crippen LogP contribution is 2.17. The molecule has 0 N–H and O–H groups in total. The Morgan fingerprint density at radius 1 is 1.11 bits per heavy atom. The topological polar surface area (TPSA) is 9.23 Å². The van der Waals surface area contributed by atoms with Crippen LogP contribution in [0.15, 0.2) is 18.2 Å². The van der Waals surface area contributed by atoms with Gasteiger partial charge in [-0.3, -0.25) is 0 Å². The molecule has 0 aliphatic carbocycles. The molecule has 1 radical (unpaired) electrons. The second-order valence-electron chi connectivity index (χ2n) is 5.17. The third-order valence-corrected chi connectivity index (χ3v) is 6.10. The average Bonchev–Trinajstić information content (AvgIpc) is 2.42. The van der Waals surface area contributed by atoms with Crippen molar-refractivity contribution in [1.82, 2.24) is 0 Å². The molecule has 0 saturated carbocycles. The molecule has 0 amide bonds. The lowest BCUT2D eigenvalue weighted by Gasteiger charge is -2.24. The van der Waals surface area contributed by atoms with E-state index in [2.05, 4.69) is 32.0 Å². The molecular formula is C16H25OSi. The maximum absolute atomic E-state index is 6.09. The molecule has 1 heterocycles. The lowest BCUT2D eigenvalue weighted by atomic mass is 9.99. The van der Waals surface area contributed by atoms with Crippen molar-refractivity contribution in [3.63, 3.8) is 0 Å². The summed E-state index contributed by atoms with van der Waals surface area (Å²) in [6.07, 6.45) is 7.54. The zero-order valence-electron chi connectivity index (χ0n) is 11.8. The van der Waals surface area contributed by atoms with Crippen LogP contribution in [0.25, 0.3) is 0 Å². The van der Waals surface area contributed by atoms with Crippen molar-refractivity contribution >= 4 is 14.2 Å². The number of hydrogen-bond acceptors (Lipinski definition) is 1. The van der Waals surface area contributed by atoms with Crippen LogP contribution in [-0.2, 0) is 17.3 Å². The molecule has 0 aromatic heterocycles. The van der Waals surface area contributed by atoms with E-state index >= 15 is 0 Å². The van der Waals surface area contributed by atoms with Crippen LogP contribution in [0.3, 0.4) is 0 Å². The van der Waals surface area contributed by atoms with Crippen LogP contribution < -0.4 is 5.19 Å². The summed E-state index contributed by atoms with van der Waals surface area (Å²) in [7, 11) is -0.717. The summed E-state index contributed by atoms with van der Waals surface area (Å²) in [5.74, 6) is 0. The van der Waals surface area contributed by atoms with E-state index in [0.29, 0.717) is 0 Å². The fourth-order valence-corrected chi connectivity index (χ4v) is 5.25. The summed E-state index contributed by atoms with van der Waals surface area (Å²) in [5.41, 5.74) is 3.20. The summed E-state index contributed by atoms with van der Waals surface area (Å²) in [6.45, 7) is 5.54. The zero-order chi connectivity index (χ0) is 12.8. The lowest BCUT2D eigenvalue weighted by Crippen LogP contribution is -2.39. The maximum Gasteiger partial charge on any atom is 0.246 e. The Labute approximate surface area is 113 Å². The van der Waals surface area contributed by atoms with Gasteiger partial charge in [-0.1, -0.05) is 51.3 Å². The Balaban J connectivity index is 2.28. The van der Waals surface area contributed by atoms with Gasteiger partial charge in [0.15, 0.2) is 0 Å². The van der Waals surface area contributed by atoms with E-state index in [1.54, 1.807) is 16.3 Å². The molecule has 2 rings (SSSR count). The van der Waals surface area contributed by atoms with Crippen LogP contribution >= 0.6 is 0 Å². The van der Waals surface area contributed by atoms with Crippen LogP contribution in [0.5, 0.6) is 0 Å². The van der Waals surface area contributed by atoms with Gasteiger partial charge in [0.25, 0.3) is 0 Å². The SMILES string of the molecule is CCCc1cccc([Si]2CCCCO2)c1CCC. The van der Waals surface area contributed by atoms with Gasteiger partial charge in [0.1, 0.15) is 0 Å². The Morgan fingerprint density at radius 2 is 1.94 bits per heavy atom. The van der Waals surface area contributed by atoms with Gasteiger partial charge in [-0.25, -0.2) is 0 Å². The molecule has 1 nitrogen and oxygen atoms in total. The van der Waals surface area contributed by atoms with E-state index in [-0.39, 0.29) is 0 Å². The molecule has 18 heavy (non-hydrogen) atoms. The van der Waals surface area contributed by atoms with Gasteiger partial charge in [0.05, 0.1) is 0 Å². The Morgan fingerprint density at radius 3 is 2.61 bits per heavy atom. The maximum atomic E-state index is 6.09. The fraction of sp³-hybridized carbons (Fsp3) is 0.625. The zero-order valence-corrected chi connectivity index (χ0v) is 12.8. The van der Waals surface area contributed by atoms with Gasteiger partial charge < -0.3 is 4.43 Å². The second kappa shape index (κ2) is 7.10. The van der Waals surface area contributed by atoms with Gasteiger partial charge in [-0.15, -0.1) is 0 Å². The molecule has 1 aliphatic heterocycles. The Bertz CT molecular complexity index is 369. The van der Waals surface area contributed by atoms with E-state index in [0.717, 1.165) is 6.61 Å². The van der Waals surface area contributed by atoms with E-state index in [4.69, 9.17) is 4.43 Å². The second-order valence-corrected chi connectivity index (χ2v) is 7.35. The first-order valence-corrected chi connectivity index (χ1v) is 9.08. The van der Waals surface area contributed by atoms with Gasteiger partial charge >= 0.3 is 0 Å². The third kappa shape index (κ3) is 3.24. The summed E-state index contributed by atoms with van der Waals surface area (Å²) >= 11 is 0. The van der Waals surface area contributed by atoms with E-state index in [9.17, 15) is 0 Å². The van der Waals surface area contributed by atoms with E-state index in [1.807, 2.05) is 0 Å². The molecule has 1 fully saturated rings. The monoisotopic (exact) mass is 261 g/mol. The minimum atomic E-state index is -0.717. The van der Waals surface area contributed by atoms with Crippen molar-refractivity contribution in [1.29, 1.82) is 0 Å². The molecule has 99 valence electrons. The largest absolute Gasteiger partial charge is 0.412 e. The average molecular weight is 261 g/mol. The molecule has 1 aromatic rings. The summed E-state index contributed by atoms with van der Waals surface area (Å²) in [4.78, 5) is 0. The molecular weight excluding hydrogens is 236 g/mol. The summed E-state index contributed by atoms with van der Waals surface area (Å²) in [5, 5.41) is 1.58. The van der Waals surface area contributed by atoms with E-state index in [1.165, 1.54) is 44.6 Å². The van der Waals surface area contributed by atoms with Crippen LogP contribution in [0, 0.1) is 0 Å². The van der Waals surface area contributed by atoms with Crippen molar-refractivity contribution in [2.75, 3.05) is 6.61 Å². The molecule has 1 aliphatic rings. The minimum Gasteiger partial charge on any atom is -0.412 e. The quantitative estimate of drug-likeness (QED) is 0.736. The van der Waals surface area contributed by atoms with Crippen molar-refractivity contribution in [2.24, 2.45) is 0 Å². The molecule has 0 unspecified atom stereocenters. The molecule has 0 spiro atoms. The molecule has 0 atom stereocenters. The predicted octanol–water partition coefficient (Wildman–Crippen LogP) is 3.60. The van der Waals surface area contributed by atoms with Crippen LogP contribution in [0.2, 0.25) is 6.04 Å². The number of aryl methyl sites for hydroxylation is 1. The molecule has 1 aromatic carbocycles. The van der Waals surface area contributed by atoms with Gasteiger partial charge in [-0.05, 0) is 41.6 Å². The standard InChI is InChI=1S/C16H25OSi/c1-3-8-14-10-7-11-16(15(14)9-4-2)18-13-6-5-12-17-18/h7,10-11H,3-6,8-9,12-13H2,1-2H3. The van der Waals surface area contributed by atoms with Crippen LogP contribution in [0.1, 0.15) is 50.7 Å². The molecule has 1 saturated heterocycles. The Kier molecular flexibility index (Phi) is 5.45. The highest BCUT2D eigenvalue weighted by atomic mass is 28.3. The van der Waals surface area contributed by atoms with Crippen molar-refractivity contribution < 1.29 is 4.43 Å².